The van der Waals surface area contributed by atoms with Crippen molar-refractivity contribution in [1.29, 1.82) is 0 Å². The molecule has 1 unspecified atom stereocenters. The number of anilines is 2. The fourth-order valence-electron chi connectivity index (χ4n) is 3.51. The Labute approximate surface area is 189 Å². The first-order valence-corrected chi connectivity index (χ1v) is 11.3. The van der Waals surface area contributed by atoms with Crippen molar-refractivity contribution in [2.24, 2.45) is 4.99 Å². The number of hydrogen-bond donors (Lipinski definition) is 3. The maximum Gasteiger partial charge on any atom is 0.224 e. The molecule has 0 bridgehead atoms. The van der Waals surface area contributed by atoms with Crippen molar-refractivity contribution < 1.29 is 4.79 Å². The van der Waals surface area contributed by atoms with E-state index in [2.05, 4.69) is 32.8 Å². The molecule has 1 aromatic carbocycles. The average molecular weight is 443 g/mol. The molecular formula is C23H31ClN6O. The first kappa shape index (κ1) is 22.9. The molecule has 31 heavy (non-hydrogen) atoms. The highest BCUT2D eigenvalue weighted by atomic mass is 35.5. The number of carbonyl (C=O) groups excluding carboxylic acids is 1. The lowest BCUT2D eigenvalue weighted by atomic mass is 10.2. The van der Waals surface area contributed by atoms with Crippen LogP contribution in [0.5, 0.6) is 0 Å². The number of halogens is 1. The highest BCUT2D eigenvalue weighted by Crippen LogP contribution is 2.25. The van der Waals surface area contributed by atoms with E-state index in [1.807, 2.05) is 43.3 Å². The molecular weight excluding hydrogens is 412 g/mol. The molecule has 0 saturated carbocycles. The number of amides is 1. The topological polar surface area (TPSA) is 81.6 Å². The van der Waals surface area contributed by atoms with Gasteiger partial charge in [-0.15, -0.1) is 0 Å². The van der Waals surface area contributed by atoms with E-state index in [0.29, 0.717) is 18.0 Å². The van der Waals surface area contributed by atoms with Gasteiger partial charge in [-0.2, -0.15) is 0 Å². The zero-order chi connectivity index (χ0) is 22.1. The molecule has 0 aliphatic carbocycles. The van der Waals surface area contributed by atoms with Crippen molar-refractivity contribution in [3.8, 4) is 0 Å². The molecule has 1 aromatic heterocycles. The van der Waals surface area contributed by atoms with Crippen LogP contribution < -0.4 is 20.9 Å². The van der Waals surface area contributed by atoms with E-state index in [1.54, 1.807) is 6.20 Å². The molecule has 1 aliphatic heterocycles. The minimum atomic E-state index is 0.0458. The van der Waals surface area contributed by atoms with Crippen LogP contribution in [0.2, 0.25) is 5.02 Å². The number of pyridine rings is 1. The van der Waals surface area contributed by atoms with Crippen LogP contribution in [0.3, 0.4) is 0 Å². The molecule has 166 valence electrons. The van der Waals surface area contributed by atoms with Crippen LogP contribution in [0.25, 0.3) is 0 Å². The van der Waals surface area contributed by atoms with E-state index < -0.39 is 0 Å². The maximum atomic E-state index is 11.7. The molecule has 2 aromatic rings. The Morgan fingerprint density at radius 2 is 2.06 bits per heavy atom. The first-order valence-electron chi connectivity index (χ1n) is 10.9. The largest absolute Gasteiger partial charge is 0.357 e. The predicted molar refractivity (Wildman–Crippen MR) is 128 cm³/mol. The SMILES string of the molecule is CCCC(=O)Nc1ccc(CN=C(NCC)NC2CCN(c3ncccc3Cl)C2)cc1. The lowest BCUT2D eigenvalue weighted by Gasteiger charge is -2.20. The van der Waals surface area contributed by atoms with Gasteiger partial charge in [0.05, 0.1) is 11.6 Å². The molecule has 0 spiro atoms. The molecule has 7 nitrogen and oxygen atoms in total. The molecule has 2 heterocycles. The fourth-order valence-corrected chi connectivity index (χ4v) is 3.75. The Kier molecular flexibility index (Phi) is 8.53. The van der Waals surface area contributed by atoms with Gasteiger partial charge in [0.15, 0.2) is 5.96 Å². The third-order valence-electron chi connectivity index (χ3n) is 5.05. The Balaban J connectivity index is 1.55. The third-order valence-corrected chi connectivity index (χ3v) is 5.34. The Morgan fingerprint density at radius 1 is 1.26 bits per heavy atom. The van der Waals surface area contributed by atoms with Crippen LogP contribution in [0, 0.1) is 0 Å². The van der Waals surface area contributed by atoms with Crippen LogP contribution in [0.15, 0.2) is 47.6 Å². The normalized spacial score (nSPS) is 16.3. The molecule has 1 amide bonds. The predicted octanol–water partition coefficient (Wildman–Crippen LogP) is 3.81. The zero-order valence-corrected chi connectivity index (χ0v) is 19.0. The monoisotopic (exact) mass is 442 g/mol. The number of carbonyl (C=O) groups is 1. The summed E-state index contributed by atoms with van der Waals surface area (Å²) in [5, 5.41) is 10.4. The van der Waals surface area contributed by atoms with E-state index in [9.17, 15) is 4.79 Å². The second-order valence-corrected chi connectivity index (χ2v) is 7.98. The summed E-state index contributed by atoms with van der Waals surface area (Å²) in [5.74, 6) is 1.67. The number of aliphatic imine (C=N–C) groups is 1. The van der Waals surface area contributed by atoms with Gasteiger partial charge in [0.1, 0.15) is 5.82 Å². The summed E-state index contributed by atoms with van der Waals surface area (Å²) in [6, 6.07) is 11.8. The van der Waals surface area contributed by atoms with Crippen LogP contribution in [-0.2, 0) is 11.3 Å². The van der Waals surface area contributed by atoms with Gasteiger partial charge in [0.25, 0.3) is 0 Å². The smallest absolute Gasteiger partial charge is 0.224 e. The Morgan fingerprint density at radius 3 is 2.77 bits per heavy atom. The summed E-state index contributed by atoms with van der Waals surface area (Å²) in [6.07, 6.45) is 4.14. The molecule has 1 saturated heterocycles. The number of aromatic nitrogens is 1. The lowest BCUT2D eigenvalue weighted by molar-refractivity contribution is -0.116. The van der Waals surface area contributed by atoms with Gasteiger partial charge in [-0.05, 0) is 49.6 Å². The van der Waals surface area contributed by atoms with Crippen molar-refractivity contribution in [1.82, 2.24) is 15.6 Å². The lowest BCUT2D eigenvalue weighted by Crippen LogP contribution is -2.44. The molecule has 3 rings (SSSR count). The maximum absolute atomic E-state index is 11.7. The minimum absolute atomic E-state index is 0.0458. The highest BCUT2D eigenvalue weighted by molar-refractivity contribution is 6.32. The van der Waals surface area contributed by atoms with E-state index >= 15 is 0 Å². The van der Waals surface area contributed by atoms with Crippen molar-refractivity contribution in [2.45, 2.75) is 45.7 Å². The number of nitrogens with zero attached hydrogens (tertiary/aromatic N) is 3. The second kappa shape index (κ2) is 11.6. The highest BCUT2D eigenvalue weighted by Gasteiger charge is 2.25. The van der Waals surface area contributed by atoms with E-state index in [-0.39, 0.29) is 11.9 Å². The number of hydrogen-bond acceptors (Lipinski definition) is 4. The van der Waals surface area contributed by atoms with Crippen LogP contribution in [0.4, 0.5) is 11.5 Å². The number of benzene rings is 1. The van der Waals surface area contributed by atoms with Crippen molar-refractivity contribution >= 4 is 35.0 Å². The molecule has 1 fully saturated rings. The van der Waals surface area contributed by atoms with Gasteiger partial charge < -0.3 is 20.9 Å². The summed E-state index contributed by atoms with van der Waals surface area (Å²) >= 11 is 6.30. The zero-order valence-electron chi connectivity index (χ0n) is 18.2. The molecule has 3 N–H and O–H groups in total. The van der Waals surface area contributed by atoms with E-state index in [4.69, 9.17) is 16.6 Å². The summed E-state index contributed by atoms with van der Waals surface area (Å²) < 4.78 is 0. The molecule has 1 atom stereocenters. The molecule has 1 aliphatic rings. The summed E-state index contributed by atoms with van der Waals surface area (Å²) in [5.41, 5.74) is 1.90. The summed E-state index contributed by atoms with van der Waals surface area (Å²) in [4.78, 5) is 23.1. The quantitative estimate of drug-likeness (QED) is 0.428. The van der Waals surface area contributed by atoms with Gasteiger partial charge in [-0.1, -0.05) is 30.7 Å². The minimum Gasteiger partial charge on any atom is -0.357 e. The van der Waals surface area contributed by atoms with Gasteiger partial charge in [-0.25, -0.2) is 9.98 Å². The van der Waals surface area contributed by atoms with E-state index in [1.165, 1.54) is 0 Å². The van der Waals surface area contributed by atoms with Crippen LogP contribution in [0.1, 0.15) is 38.7 Å². The fraction of sp³-hybridized carbons (Fsp3) is 0.435. The number of rotatable bonds is 8. The molecule has 8 heteroatoms. The average Bonchev–Trinajstić information content (AvgIpc) is 3.22. The Bertz CT molecular complexity index is 886. The first-order chi connectivity index (χ1) is 15.1. The summed E-state index contributed by atoms with van der Waals surface area (Å²) in [6.45, 7) is 7.12. The second-order valence-electron chi connectivity index (χ2n) is 7.58. The van der Waals surface area contributed by atoms with Gasteiger partial charge in [0.2, 0.25) is 5.91 Å². The number of guanidine groups is 1. The molecule has 0 radical (unpaired) electrons. The van der Waals surface area contributed by atoms with Crippen LogP contribution >= 0.6 is 11.6 Å². The van der Waals surface area contributed by atoms with Crippen LogP contribution in [-0.4, -0.2) is 42.5 Å². The standard InChI is InChI=1S/C23H31ClN6O/c1-3-6-21(31)28-18-10-8-17(9-11-18)15-27-23(25-4-2)29-19-12-14-30(16-19)22-20(24)7-5-13-26-22/h5,7-11,13,19H,3-4,6,12,14-16H2,1-2H3,(H,28,31)(H2,25,27,29). The van der Waals surface area contributed by atoms with Gasteiger partial charge in [-0.3, -0.25) is 4.79 Å². The third kappa shape index (κ3) is 6.85. The van der Waals surface area contributed by atoms with Crippen molar-refractivity contribution in [3.05, 3.63) is 53.2 Å². The Hall–Kier alpha value is -2.80. The van der Waals surface area contributed by atoms with E-state index in [0.717, 1.165) is 55.5 Å². The number of nitrogens with one attached hydrogen (secondary N) is 3. The summed E-state index contributed by atoms with van der Waals surface area (Å²) in [7, 11) is 0. The van der Waals surface area contributed by atoms with Gasteiger partial charge >= 0.3 is 0 Å². The van der Waals surface area contributed by atoms with Gasteiger partial charge in [0, 0.05) is 44.0 Å². The van der Waals surface area contributed by atoms with Crippen molar-refractivity contribution in [2.75, 3.05) is 29.9 Å². The van der Waals surface area contributed by atoms with Crippen molar-refractivity contribution in [3.63, 3.8) is 0 Å².